The van der Waals surface area contributed by atoms with E-state index in [9.17, 15) is 19.5 Å². The third-order valence-electron chi connectivity index (χ3n) is 10.3. The molecule has 4 aliphatic rings. The second kappa shape index (κ2) is 13.1. The van der Waals surface area contributed by atoms with Gasteiger partial charge in [0.1, 0.15) is 17.4 Å². The van der Waals surface area contributed by atoms with E-state index in [2.05, 4.69) is 15.5 Å². The number of ether oxygens (including phenoxy) is 3. The van der Waals surface area contributed by atoms with E-state index < -0.39 is 35.1 Å². The highest BCUT2D eigenvalue weighted by atomic mass is 16.5. The van der Waals surface area contributed by atoms with E-state index in [1.54, 1.807) is 29.2 Å². The highest BCUT2D eigenvalue weighted by molar-refractivity contribution is 6.02. The minimum Gasteiger partial charge on any atom is -0.494 e. The Bertz CT molecular complexity index is 1160. The minimum absolute atomic E-state index is 0.0544. The number of anilines is 1. The summed E-state index contributed by atoms with van der Waals surface area (Å²) in [6, 6.07) is 5.66. The van der Waals surface area contributed by atoms with Crippen LogP contribution >= 0.6 is 0 Å². The zero-order valence-corrected chi connectivity index (χ0v) is 26.0. The first-order valence-electron chi connectivity index (χ1n) is 16.0. The smallest absolute Gasteiger partial charge is 0.245 e. The molecule has 0 radical (unpaired) electrons. The Morgan fingerprint density at radius 3 is 2.47 bits per heavy atom. The lowest BCUT2D eigenvalue weighted by molar-refractivity contribution is -0.151. The molecule has 5 rings (SSSR count). The molecule has 4 saturated heterocycles. The van der Waals surface area contributed by atoms with Gasteiger partial charge in [-0.3, -0.25) is 19.3 Å². The standard InChI is InChI=1S/C32H48N4O7/c1-5-21(4)24(20-37)36-27(29(39)33-14-15-35-16-18-41-19-17-35)32-13-12-31(6-2,43-32)25(26(32)30(36)40)28(38)34-22-8-10-23(11-9-22)42-7-3/h8-11,21,24-27,37H,5-7,12-20H2,1-4H3,(H,33,39)(H,34,38)/t21-,24-,25-,26-,27?,31+,32?/m0/s1. The highest BCUT2D eigenvalue weighted by Gasteiger charge is 2.79. The third kappa shape index (κ3) is 5.65. The Balaban J connectivity index is 1.44. The number of amides is 3. The second-order valence-corrected chi connectivity index (χ2v) is 12.4. The molecule has 238 valence electrons. The fraction of sp³-hybridized carbons (Fsp3) is 0.719. The maximum atomic E-state index is 14.5. The Morgan fingerprint density at radius 2 is 1.84 bits per heavy atom. The third-order valence-corrected chi connectivity index (χ3v) is 10.3. The van der Waals surface area contributed by atoms with Crippen LogP contribution in [0.15, 0.2) is 24.3 Å². The molecule has 11 nitrogen and oxygen atoms in total. The molecule has 2 bridgehead atoms. The molecular formula is C32H48N4O7. The number of nitrogens with one attached hydrogen (secondary N) is 2. The summed E-state index contributed by atoms with van der Waals surface area (Å²) in [6.45, 7) is 12.2. The van der Waals surface area contributed by atoms with Gasteiger partial charge in [0.15, 0.2) is 0 Å². The second-order valence-electron chi connectivity index (χ2n) is 12.4. The van der Waals surface area contributed by atoms with Crippen molar-refractivity contribution < 1.29 is 33.7 Å². The molecule has 0 saturated carbocycles. The van der Waals surface area contributed by atoms with Gasteiger partial charge < -0.3 is 34.9 Å². The number of carbonyl (C=O) groups is 3. The van der Waals surface area contributed by atoms with Crippen LogP contribution in [0.4, 0.5) is 5.69 Å². The van der Waals surface area contributed by atoms with Crippen molar-refractivity contribution in [1.82, 2.24) is 15.1 Å². The summed E-state index contributed by atoms with van der Waals surface area (Å²) in [4.78, 5) is 46.5. The van der Waals surface area contributed by atoms with Gasteiger partial charge in [0.25, 0.3) is 0 Å². The first-order chi connectivity index (χ1) is 20.7. The maximum Gasteiger partial charge on any atom is 0.245 e. The minimum atomic E-state index is -1.14. The number of aliphatic hydroxyl groups is 1. The van der Waals surface area contributed by atoms with Crippen molar-refractivity contribution in [3.8, 4) is 5.75 Å². The molecule has 0 aliphatic carbocycles. The van der Waals surface area contributed by atoms with Crippen LogP contribution in [0.25, 0.3) is 0 Å². The molecule has 43 heavy (non-hydrogen) atoms. The first-order valence-corrected chi connectivity index (χ1v) is 16.0. The summed E-state index contributed by atoms with van der Waals surface area (Å²) in [5.41, 5.74) is -1.39. The molecule has 3 N–H and O–H groups in total. The number of morpholine rings is 1. The zero-order chi connectivity index (χ0) is 30.8. The van der Waals surface area contributed by atoms with Crippen LogP contribution in [-0.2, 0) is 23.9 Å². The Kier molecular flexibility index (Phi) is 9.65. The number of carbonyl (C=O) groups excluding carboxylic acids is 3. The fourth-order valence-electron chi connectivity index (χ4n) is 7.81. The molecule has 1 aromatic rings. The molecule has 2 unspecified atom stereocenters. The van der Waals surface area contributed by atoms with E-state index in [1.165, 1.54) is 0 Å². The molecular weight excluding hydrogens is 552 g/mol. The summed E-state index contributed by atoms with van der Waals surface area (Å²) in [7, 11) is 0. The Morgan fingerprint density at radius 1 is 1.12 bits per heavy atom. The van der Waals surface area contributed by atoms with Gasteiger partial charge in [-0.25, -0.2) is 0 Å². The van der Waals surface area contributed by atoms with Crippen molar-refractivity contribution in [3.05, 3.63) is 24.3 Å². The molecule has 1 spiro atoms. The van der Waals surface area contributed by atoms with Gasteiger partial charge in [0.2, 0.25) is 17.7 Å². The quantitative estimate of drug-likeness (QED) is 0.314. The molecule has 4 aliphatic heterocycles. The lowest BCUT2D eigenvalue weighted by atomic mass is 9.65. The normalized spacial score (nSPS) is 31.5. The number of fused-ring (bicyclic) bond motifs is 1. The highest BCUT2D eigenvalue weighted by Crippen LogP contribution is 2.64. The largest absolute Gasteiger partial charge is 0.494 e. The lowest BCUT2D eigenvalue weighted by Gasteiger charge is -2.39. The predicted molar refractivity (Wildman–Crippen MR) is 161 cm³/mol. The van der Waals surface area contributed by atoms with Gasteiger partial charge in [-0.15, -0.1) is 0 Å². The number of hydrogen-bond donors (Lipinski definition) is 3. The first kappa shape index (κ1) is 31.7. The summed E-state index contributed by atoms with van der Waals surface area (Å²) in [5.74, 6) is -1.80. The average Bonchev–Trinajstić information content (AvgIpc) is 3.63. The van der Waals surface area contributed by atoms with Crippen molar-refractivity contribution in [2.75, 3.05) is 57.9 Å². The molecule has 1 aromatic carbocycles. The number of benzene rings is 1. The number of hydrogen-bond acceptors (Lipinski definition) is 8. The summed E-state index contributed by atoms with van der Waals surface area (Å²) < 4.78 is 17.8. The summed E-state index contributed by atoms with van der Waals surface area (Å²) in [6.07, 6.45) is 2.34. The van der Waals surface area contributed by atoms with E-state index in [-0.39, 0.29) is 30.2 Å². The van der Waals surface area contributed by atoms with E-state index in [0.29, 0.717) is 63.6 Å². The van der Waals surface area contributed by atoms with Crippen LogP contribution < -0.4 is 15.4 Å². The average molecular weight is 601 g/mol. The monoisotopic (exact) mass is 600 g/mol. The van der Waals surface area contributed by atoms with Crippen molar-refractivity contribution in [2.45, 2.75) is 76.7 Å². The van der Waals surface area contributed by atoms with Crippen LogP contribution in [0.5, 0.6) is 5.75 Å². The van der Waals surface area contributed by atoms with Gasteiger partial charge in [-0.05, 0) is 56.4 Å². The predicted octanol–water partition coefficient (Wildman–Crippen LogP) is 2.03. The van der Waals surface area contributed by atoms with Gasteiger partial charge in [0, 0.05) is 31.9 Å². The van der Waals surface area contributed by atoms with E-state index in [0.717, 1.165) is 19.5 Å². The molecule has 7 atom stereocenters. The summed E-state index contributed by atoms with van der Waals surface area (Å²) in [5, 5.41) is 16.6. The fourth-order valence-corrected chi connectivity index (χ4v) is 7.81. The van der Waals surface area contributed by atoms with Crippen LogP contribution in [0.3, 0.4) is 0 Å². The maximum absolute atomic E-state index is 14.5. The van der Waals surface area contributed by atoms with Crippen LogP contribution in [-0.4, -0.2) is 109 Å². The van der Waals surface area contributed by atoms with Gasteiger partial charge in [-0.1, -0.05) is 27.2 Å². The SMILES string of the molecule is CCOc1ccc(NC(=O)[C@@H]2[C@H]3C(=O)N([C@@H](CO)[C@@H](C)CC)C(C(=O)NCCN4CCOCC4)C34CC[C@@]2(CC)O4)cc1. The van der Waals surface area contributed by atoms with Crippen molar-refractivity contribution in [3.63, 3.8) is 0 Å². The van der Waals surface area contributed by atoms with E-state index in [4.69, 9.17) is 14.2 Å². The zero-order valence-electron chi connectivity index (χ0n) is 26.0. The Labute approximate surface area is 254 Å². The van der Waals surface area contributed by atoms with Crippen molar-refractivity contribution >= 4 is 23.4 Å². The molecule has 11 heteroatoms. The number of rotatable bonds is 13. The number of likely N-dealkylation sites (tertiary alicyclic amines) is 1. The molecule has 3 amide bonds. The van der Waals surface area contributed by atoms with Gasteiger partial charge in [-0.2, -0.15) is 0 Å². The van der Waals surface area contributed by atoms with Crippen LogP contribution in [0.1, 0.15) is 53.4 Å². The lowest BCUT2D eigenvalue weighted by Crippen LogP contribution is -2.59. The van der Waals surface area contributed by atoms with Crippen LogP contribution in [0.2, 0.25) is 0 Å². The van der Waals surface area contributed by atoms with Crippen molar-refractivity contribution in [2.24, 2.45) is 17.8 Å². The van der Waals surface area contributed by atoms with Gasteiger partial charge in [0.05, 0.1) is 49.9 Å². The number of aliphatic hydroxyl groups excluding tert-OH is 1. The number of nitrogens with zero attached hydrogens (tertiary/aromatic N) is 2. The van der Waals surface area contributed by atoms with E-state index in [1.807, 2.05) is 27.7 Å². The molecule has 0 aromatic heterocycles. The van der Waals surface area contributed by atoms with E-state index >= 15 is 0 Å². The van der Waals surface area contributed by atoms with Gasteiger partial charge >= 0.3 is 0 Å². The Hall–Kier alpha value is -2.73. The summed E-state index contributed by atoms with van der Waals surface area (Å²) >= 11 is 0. The van der Waals surface area contributed by atoms with Crippen molar-refractivity contribution in [1.29, 1.82) is 0 Å². The topological polar surface area (TPSA) is 130 Å². The van der Waals surface area contributed by atoms with Crippen LogP contribution in [0, 0.1) is 17.8 Å². The molecule has 4 heterocycles. The molecule has 4 fully saturated rings.